The van der Waals surface area contributed by atoms with Crippen LogP contribution in [-0.2, 0) is 0 Å². The SMILES string of the molecule is CC(CO)CSc1cc(F)c(I)cc1[N+](=O)[O-]. The Hall–Kier alpha value is -0.410. The van der Waals surface area contributed by atoms with Crippen molar-refractivity contribution in [3.63, 3.8) is 0 Å². The van der Waals surface area contributed by atoms with Gasteiger partial charge >= 0.3 is 0 Å². The molecule has 0 heterocycles. The Morgan fingerprint density at radius 2 is 2.29 bits per heavy atom. The second-order valence-corrected chi connectivity index (χ2v) is 5.81. The van der Waals surface area contributed by atoms with E-state index in [4.69, 9.17) is 5.11 Å². The van der Waals surface area contributed by atoms with E-state index in [1.54, 1.807) is 22.6 Å². The van der Waals surface area contributed by atoms with Crippen LogP contribution in [0.3, 0.4) is 0 Å². The number of halogens is 2. The topological polar surface area (TPSA) is 63.4 Å². The van der Waals surface area contributed by atoms with E-state index < -0.39 is 10.7 Å². The predicted molar refractivity (Wildman–Crippen MR) is 72.7 cm³/mol. The Labute approximate surface area is 116 Å². The van der Waals surface area contributed by atoms with Gasteiger partial charge in [-0.25, -0.2) is 4.39 Å². The summed E-state index contributed by atoms with van der Waals surface area (Å²) in [4.78, 5) is 10.6. The van der Waals surface area contributed by atoms with E-state index in [2.05, 4.69) is 0 Å². The number of benzene rings is 1. The third-order valence-electron chi connectivity index (χ3n) is 2.03. The number of aliphatic hydroxyl groups excluding tert-OH is 1. The molecular formula is C10H11FINO3S. The van der Waals surface area contributed by atoms with E-state index >= 15 is 0 Å². The van der Waals surface area contributed by atoms with Gasteiger partial charge in [-0.05, 0) is 34.6 Å². The van der Waals surface area contributed by atoms with E-state index in [0.29, 0.717) is 10.6 Å². The van der Waals surface area contributed by atoms with Crippen molar-refractivity contribution >= 4 is 40.0 Å². The van der Waals surface area contributed by atoms with Gasteiger partial charge in [0.1, 0.15) is 5.82 Å². The number of aliphatic hydroxyl groups is 1. The Kier molecular flexibility index (Phi) is 5.60. The number of nitro groups is 1. The van der Waals surface area contributed by atoms with Gasteiger partial charge in [0.2, 0.25) is 0 Å². The minimum atomic E-state index is -0.520. The smallest absolute Gasteiger partial charge is 0.284 e. The molecule has 0 aromatic heterocycles. The molecule has 1 aromatic carbocycles. The van der Waals surface area contributed by atoms with Crippen LogP contribution in [-0.4, -0.2) is 22.4 Å². The van der Waals surface area contributed by atoms with Crippen LogP contribution >= 0.6 is 34.4 Å². The number of hydrogen-bond acceptors (Lipinski definition) is 4. The second kappa shape index (κ2) is 6.50. The first kappa shape index (κ1) is 14.7. The fraction of sp³-hybridized carbons (Fsp3) is 0.400. The zero-order chi connectivity index (χ0) is 13.0. The van der Waals surface area contributed by atoms with Crippen molar-refractivity contribution in [2.24, 2.45) is 5.92 Å². The van der Waals surface area contributed by atoms with Crippen LogP contribution in [0.1, 0.15) is 6.92 Å². The highest BCUT2D eigenvalue weighted by Crippen LogP contribution is 2.33. The van der Waals surface area contributed by atoms with Crippen molar-refractivity contribution in [1.82, 2.24) is 0 Å². The summed E-state index contributed by atoms with van der Waals surface area (Å²) in [7, 11) is 0. The maximum atomic E-state index is 13.3. The van der Waals surface area contributed by atoms with Gasteiger partial charge in [0, 0.05) is 18.4 Å². The fourth-order valence-electron chi connectivity index (χ4n) is 1.06. The highest BCUT2D eigenvalue weighted by Gasteiger charge is 2.18. The second-order valence-electron chi connectivity index (χ2n) is 3.59. The third kappa shape index (κ3) is 4.07. The van der Waals surface area contributed by atoms with E-state index in [-0.39, 0.29) is 21.8 Å². The van der Waals surface area contributed by atoms with E-state index in [9.17, 15) is 14.5 Å². The molecule has 94 valence electrons. The zero-order valence-corrected chi connectivity index (χ0v) is 12.0. The molecule has 7 heteroatoms. The Balaban J connectivity index is 2.96. The average Bonchev–Trinajstić information content (AvgIpc) is 2.29. The predicted octanol–water partition coefficient (Wildman–Crippen LogP) is 3.06. The van der Waals surface area contributed by atoms with E-state index in [1.165, 1.54) is 23.9 Å². The van der Waals surface area contributed by atoms with Crippen molar-refractivity contribution in [1.29, 1.82) is 0 Å². The lowest BCUT2D eigenvalue weighted by molar-refractivity contribution is -0.387. The third-order valence-corrected chi connectivity index (χ3v) is 4.23. The monoisotopic (exact) mass is 371 g/mol. The van der Waals surface area contributed by atoms with Gasteiger partial charge in [-0.2, -0.15) is 0 Å². The van der Waals surface area contributed by atoms with Crippen molar-refractivity contribution in [2.75, 3.05) is 12.4 Å². The number of thioether (sulfide) groups is 1. The summed E-state index contributed by atoms with van der Waals surface area (Å²) in [5.41, 5.74) is -0.0917. The minimum absolute atomic E-state index is 0.00759. The highest BCUT2D eigenvalue weighted by atomic mass is 127. The molecule has 1 rings (SSSR count). The largest absolute Gasteiger partial charge is 0.396 e. The summed E-state index contributed by atoms with van der Waals surface area (Å²) in [6, 6.07) is 2.40. The molecule has 4 nitrogen and oxygen atoms in total. The van der Waals surface area contributed by atoms with Crippen molar-refractivity contribution in [2.45, 2.75) is 11.8 Å². The Morgan fingerprint density at radius 3 is 2.82 bits per heavy atom. The molecule has 0 aliphatic heterocycles. The molecule has 0 radical (unpaired) electrons. The van der Waals surface area contributed by atoms with Crippen LogP contribution in [0.25, 0.3) is 0 Å². The number of nitrogens with zero attached hydrogens (tertiary/aromatic N) is 1. The van der Waals surface area contributed by atoms with Crippen LogP contribution in [0.5, 0.6) is 0 Å². The quantitative estimate of drug-likeness (QED) is 0.374. The van der Waals surface area contributed by atoms with Gasteiger partial charge in [0.05, 0.1) is 13.4 Å². The lowest BCUT2D eigenvalue weighted by atomic mass is 10.2. The summed E-state index contributed by atoms with van der Waals surface area (Å²) in [6.45, 7) is 1.83. The molecule has 0 fully saturated rings. The molecular weight excluding hydrogens is 360 g/mol. The first-order valence-electron chi connectivity index (χ1n) is 4.82. The summed E-state index contributed by atoms with van der Waals surface area (Å²) in [6.07, 6.45) is 0. The summed E-state index contributed by atoms with van der Waals surface area (Å²) in [5.74, 6) is 0.0643. The molecule has 1 unspecified atom stereocenters. The standard InChI is InChI=1S/C10H11FINO3S/c1-6(4-14)5-17-10-2-7(11)8(12)3-9(10)13(15)16/h2-3,6,14H,4-5H2,1H3. The molecule has 17 heavy (non-hydrogen) atoms. The Morgan fingerprint density at radius 1 is 1.65 bits per heavy atom. The number of hydrogen-bond donors (Lipinski definition) is 1. The first-order chi connectivity index (χ1) is 7.95. The number of nitro benzene ring substituents is 1. The zero-order valence-electron chi connectivity index (χ0n) is 9.02. The maximum absolute atomic E-state index is 13.3. The van der Waals surface area contributed by atoms with E-state index in [1.807, 2.05) is 6.92 Å². The van der Waals surface area contributed by atoms with Crippen molar-refractivity contribution in [3.8, 4) is 0 Å². The summed E-state index contributed by atoms with van der Waals surface area (Å²) >= 11 is 2.91. The van der Waals surface area contributed by atoms with Gasteiger partial charge in [-0.1, -0.05) is 6.92 Å². The van der Waals surface area contributed by atoms with Crippen molar-refractivity contribution < 1.29 is 14.4 Å². The molecule has 1 N–H and O–H groups in total. The molecule has 0 aliphatic rings. The lowest BCUT2D eigenvalue weighted by Crippen LogP contribution is -2.04. The first-order valence-corrected chi connectivity index (χ1v) is 6.89. The van der Waals surface area contributed by atoms with Crippen LogP contribution in [0.2, 0.25) is 0 Å². The fourth-order valence-corrected chi connectivity index (χ4v) is 2.55. The molecule has 0 aliphatic carbocycles. The molecule has 1 atom stereocenters. The maximum Gasteiger partial charge on any atom is 0.284 e. The van der Waals surface area contributed by atoms with Gasteiger partial charge in [0.15, 0.2) is 0 Å². The van der Waals surface area contributed by atoms with Crippen LogP contribution in [0.15, 0.2) is 17.0 Å². The highest BCUT2D eigenvalue weighted by molar-refractivity contribution is 14.1. The summed E-state index contributed by atoms with van der Waals surface area (Å²) < 4.78 is 13.6. The summed E-state index contributed by atoms with van der Waals surface area (Å²) in [5, 5.41) is 19.7. The number of rotatable bonds is 5. The van der Waals surface area contributed by atoms with Crippen LogP contribution < -0.4 is 0 Å². The van der Waals surface area contributed by atoms with Crippen LogP contribution in [0.4, 0.5) is 10.1 Å². The lowest BCUT2D eigenvalue weighted by Gasteiger charge is -2.08. The molecule has 0 saturated carbocycles. The molecule has 0 bridgehead atoms. The van der Waals surface area contributed by atoms with Gasteiger partial charge < -0.3 is 5.11 Å². The Bertz CT molecular complexity index is 430. The normalized spacial score (nSPS) is 12.5. The van der Waals surface area contributed by atoms with Crippen LogP contribution in [0, 0.1) is 25.4 Å². The molecule has 0 amide bonds. The van der Waals surface area contributed by atoms with E-state index in [0.717, 1.165) is 0 Å². The van der Waals surface area contributed by atoms with Crippen molar-refractivity contribution in [3.05, 3.63) is 31.6 Å². The average molecular weight is 371 g/mol. The van der Waals surface area contributed by atoms with Gasteiger partial charge in [-0.15, -0.1) is 11.8 Å². The molecule has 0 saturated heterocycles. The molecule has 1 aromatic rings. The van der Waals surface area contributed by atoms with Gasteiger partial charge in [-0.3, -0.25) is 10.1 Å². The minimum Gasteiger partial charge on any atom is -0.396 e. The molecule has 0 spiro atoms. The van der Waals surface area contributed by atoms with Gasteiger partial charge in [0.25, 0.3) is 5.69 Å².